The van der Waals surface area contributed by atoms with Crippen LogP contribution in [0.1, 0.15) is 25.5 Å². The van der Waals surface area contributed by atoms with Crippen molar-refractivity contribution in [3.63, 3.8) is 0 Å². The fourth-order valence-corrected chi connectivity index (χ4v) is 2.48. The highest BCUT2D eigenvalue weighted by atomic mass is 32.2. The topological polar surface area (TPSA) is 70.9 Å². The van der Waals surface area contributed by atoms with E-state index in [4.69, 9.17) is 0 Å². The smallest absolute Gasteiger partial charge is 0.343 e. The van der Waals surface area contributed by atoms with Crippen LogP contribution in [-0.4, -0.2) is 19.9 Å². The van der Waals surface area contributed by atoms with Gasteiger partial charge in [-0.1, -0.05) is 12.1 Å². The maximum absolute atomic E-state index is 11.4. The Morgan fingerprint density at radius 1 is 1.44 bits per heavy atom. The van der Waals surface area contributed by atoms with E-state index in [9.17, 15) is 9.90 Å². The number of hydrogen-bond acceptors (Lipinski definition) is 4. The van der Waals surface area contributed by atoms with Crippen molar-refractivity contribution in [1.82, 2.24) is 14.8 Å². The third-order valence-electron chi connectivity index (χ3n) is 2.61. The molecule has 0 amide bonds. The molecule has 1 aromatic heterocycles. The van der Waals surface area contributed by atoms with Crippen LogP contribution in [0.5, 0.6) is 0 Å². The second-order valence-corrected chi connectivity index (χ2v) is 4.94. The lowest BCUT2D eigenvalue weighted by Gasteiger charge is -2.06. The fraction of sp³-hybridized carbons (Fsp3) is 0.333. The van der Waals surface area contributed by atoms with Crippen molar-refractivity contribution in [1.29, 1.82) is 0 Å². The summed E-state index contributed by atoms with van der Waals surface area (Å²) in [4.78, 5) is 12.4. The summed E-state index contributed by atoms with van der Waals surface area (Å²) in [6.07, 6.45) is -0.469. The molecule has 1 unspecified atom stereocenters. The van der Waals surface area contributed by atoms with Crippen molar-refractivity contribution in [3.8, 4) is 0 Å². The molecule has 5 nitrogen and oxygen atoms in total. The summed E-state index contributed by atoms with van der Waals surface area (Å²) in [6, 6.07) is 7.56. The first-order chi connectivity index (χ1) is 8.61. The molecule has 18 heavy (non-hydrogen) atoms. The SMILES string of the molecule is CCn1c(Sc2ccc(C(C)O)cc2)n[nH]c1=O. The molecule has 0 radical (unpaired) electrons. The van der Waals surface area contributed by atoms with E-state index in [1.807, 2.05) is 31.2 Å². The second-order valence-electron chi connectivity index (χ2n) is 3.90. The molecule has 0 aliphatic heterocycles. The zero-order chi connectivity index (χ0) is 13.1. The van der Waals surface area contributed by atoms with Crippen LogP contribution in [0.15, 0.2) is 39.1 Å². The van der Waals surface area contributed by atoms with E-state index >= 15 is 0 Å². The van der Waals surface area contributed by atoms with Gasteiger partial charge in [0.15, 0.2) is 5.16 Å². The number of aliphatic hydroxyl groups is 1. The Morgan fingerprint density at radius 3 is 2.67 bits per heavy atom. The molecule has 2 aromatic rings. The highest BCUT2D eigenvalue weighted by Crippen LogP contribution is 2.26. The van der Waals surface area contributed by atoms with Gasteiger partial charge in [0, 0.05) is 11.4 Å². The van der Waals surface area contributed by atoms with Crippen molar-refractivity contribution in [3.05, 3.63) is 40.3 Å². The number of rotatable bonds is 4. The number of aliphatic hydroxyl groups excluding tert-OH is 1. The van der Waals surface area contributed by atoms with E-state index in [1.165, 1.54) is 11.8 Å². The Bertz CT molecular complexity index is 572. The van der Waals surface area contributed by atoms with E-state index in [-0.39, 0.29) is 5.69 Å². The quantitative estimate of drug-likeness (QED) is 0.884. The number of H-pyrrole nitrogens is 1. The lowest BCUT2D eigenvalue weighted by Crippen LogP contribution is -2.15. The van der Waals surface area contributed by atoms with E-state index in [0.29, 0.717) is 11.7 Å². The largest absolute Gasteiger partial charge is 0.389 e. The van der Waals surface area contributed by atoms with Crippen molar-refractivity contribution in [2.75, 3.05) is 0 Å². The molecule has 2 rings (SSSR count). The average molecular weight is 265 g/mol. The molecular formula is C12H15N3O2S. The van der Waals surface area contributed by atoms with Gasteiger partial charge in [0.25, 0.3) is 0 Å². The van der Waals surface area contributed by atoms with Gasteiger partial charge in [-0.25, -0.2) is 9.89 Å². The van der Waals surface area contributed by atoms with E-state index in [1.54, 1.807) is 11.5 Å². The minimum atomic E-state index is -0.469. The molecule has 1 aromatic carbocycles. The molecule has 0 aliphatic carbocycles. The number of nitrogens with zero attached hydrogens (tertiary/aromatic N) is 2. The zero-order valence-electron chi connectivity index (χ0n) is 10.3. The van der Waals surface area contributed by atoms with E-state index in [2.05, 4.69) is 10.2 Å². The Labute approximate surface area is 109 Å². The van der Waals surface area contributed by atoms with Crippen LogP contribution in [0.4, 0.5) is 0 Å². The normalized spacial score (nSPS) is 12.6. The van der Waals surface area contributed by atoms with Gasteiger partial charge in [-0.2, -0.15) is 0 Å². The summed E-state index contributed by atoms with van der Waals surface area (Å²) in [5.74, 6) is 0. The van der Waals surface area contributed by atoms with E-state index < -0.39 is 6.10 Å². The van der Waals surface area contributed by atoms with Crippen molar-refractivity contribution < 1.29 is 5.11 Å². The molecule has 2 N–H and O–H groups in total. The molecule has 0 fully saturated rings. The van der Waals surface area contributed by atoms with Gasteiger partial charge in [-0.15, -0.1) is 5.10 Å². The molecule has 0 saturated carbocycles. The molecule has 96 valence electrons. The van der Waals surface area contributed by atoms with Crippen LogP contribution in [0, 0.1) is 0 Å². The van der Waals surface area contributed by atoms with Gasteiger partial charge in [-0.3, -0.25) is 4.57 Å². The van der Waals surface area contributed by atoms with Crippen molar-refractivity contribution in [2.45, 2.75) is 36.5 Å². The first-order valence-electron chi connectivity index (χ1n) is 5.73. The Balaban J connectivity index is 2.21. The molecule has 0 bridgehead atoms. The van der Waals surface area contributed by atoms with Crippen LogP contribution < -0.4 is 5.69 Å². The van der Waals surface area contributed by atoms with Gasteiger partial charge in [0.05, 0.1) is 6.10 Å². The maximum atomic E-state index is 11.4. The Morgan fingerprint density at radius 2 is 2.11 bits per heavy atom. The number of hydrogen-bond donors (Lipinski definition) is 2. The number of benzene rings is 1. The number of nitrogens with one attached hydrogen (secondary N) is 1. The van der Waals surface area contributed by atoms with Crippen molar-refractivity contribution in [2.24, 2.45) is 0 Å². The molecule has 0 aliphatic rings. The molecule has 1 heterocycles. The predicted molar refractivity (Wildman–Crippen MR) is 69.7 cm³/mol. The summed E-state index contributed by atoms with van der Waals surface area (Å²) in [5, 5.41) is 16.5. The van der Waals surface area contributed by atoms with Crippen LogP contribution in [-0.2, 0) is 6.54 Å². The monoisotopic (exact) mass is 265 g/mol. The third-order valence-corrected chi connectivity index (χ3v) is 3.61. The Kier molecular flexibility index (Phi) is 3.88. The van der Waals surface area contributed by atoms with Gasteiger partial charge >= 0.3 is 5.69 Å². The first-order valence-corrected chi connectivity index (χ1v) is 6.54. The maximum Gasteiger partial charge on any atom is 0.343 e. The summed E-state index contributed by atoms with van der Waals surface area (Å²) in [5.41, 5.74) is 0.676. The van der Waals surface area contributed by atoms with Gasteiger partial charge in [0.1, 0.15) is 0 Å². The van der Waals surface area contributed by atoms with Gasteiger partial charge in [0.2, 0.25) is 0 Å². The van der Waals surface area contributed by atoms with Crippen molar-refractivity contribution >= 4 is 11.8 Å². The standard InChI is InChI=1S/C12H15N3O2S/c1-3-15-11(17)13-14-12(15)18-10-6-4-9(5-7-10)8(2)16/h4-8,16H,3H2,1-2H3,(H,13,17). The Hall–Kier alpha value is -1.53. The van der Waals surface area contributed by atoms with E-state index in [0.717, 1.165) is 10.5 Å². The summed E-state index contributed by atoms with van der Waals surface area (Å²) in [7, 11) is 0. The minimum absolute atomic E-state index is 0.194. The van der Waals surface area contributed by atoms with Crippen LogP contribution >= 0.6 is 11.8 Å². The summed E-state index contributed by atoms with van der Waals surface area (Å²) in [6.45, 7) is 4.21. The predicted octanol–water partition coefficient (Wildman–Crippen LogP) is 1.80. The lowest BCUT2D eigenvalue weighted by molar-refractivity contribution is 0.199. The minimum Gasteiger partial charge on any atom is -0.389 e. The molecule has 0 saturated heterocycles. The molecule has 6 heteroatoms. The first kappa shape index (κ1) is 12.9. The zero-order valence-corrected chi connectivity index (χ0v) is 11.1. The summed E-state index contributed by atoms with van der Waals surface area (Å²) < 4.78 is 1.58. The second kappa shape index (κ2) is 5.41. The third kappa shape index (κ3) is 2.65. The number of aromatic amines is 1. The molecule has 1 atom stereocenters. The molecule has 0 spiro atoms. The summed E-state index contributed by atoms with van der Waals surface area (Å²) >= 11 is 1.42. The molecular weight excluding hydrogens is 250 g/mol. The van der Waals surface area contributed by atoms with Crippen LogP contribution in [0.25, 0.3) is 0 Å². The fourth-order valence-electron chi connectivity index (χ4n) is 1.58. The van der Waals surface area contributed by atoms with Crippen LogP contribution in [0.3, 0.4) is 0 Å². The average Bonchev–Trinajstić information content (AvgIpc) is 2.70. The highest BCUT2D eigenvalue weighted by Gasteiger charge is 2.08. The highest BCUT2D eigenvalue weighted by molar-refractivity contribution is 7.99. The van der Waals surface area contributed by atoms with Crippen LogP contribution in [0.2, 0.25) is 0 Å². The van der Waals surface area contributed by atoms with Gasteiger partial charge < -0.3 is 5.11 Å². The number of aromatic nitrogens is 3. The van der Waals surface area contributed by atoms with Gasteiger partial charge in [-0.05, 0) is 43.3 Å². The lowest BCUT2D eigenvalue weighted by atomic mass is 10.1.